The Hall–Kier alpha value is -4.07. The van der Waals surface area contributed by atoms with E-state index in [0.717, 1.165) is 5.56 Å². The monoisotopic (exact) mass is 432 g/mol. The average molecular weight is 432 g/mol. The fraction of sp³-hybridized carbons (Fsp3) is 0.167. The Balaban J connectivity index is 1.59. The number of pyridine rings is 1. The average Bonchev–Trinajstić information content (AvgIpc) is 3.26. The van der Waals surface area contributed by atoms with E-state index in [1.165, 1.54) is 28.8 Å². The molecule has 0 aliphatic rings. The molecular formula is C24H21FN4O3. The lowest BCUT2D eigenvalue weighted by Gasteiger charge is -2.13. The van der Waals surface area contributed by atoms with Crippen molar-refractivity contribution in [3.05, 3.63) is 93.7 Å². The van der Waals surface area contributed by atoms with Gasteiger partial charge in [-0.25, -0.2) is 4.39 Å². The van der Waals surface area contributed by atoms with E-state index in [1.807, 2.05) is 30.3 Å². The highest BCUT2D eigenvalue weighted by molar-refractivity contribution is 5.76. The van der Waals surface area contributed by atoms with Gasteiger partial charge in [-0.05, 0) is 55.3 Å². The third-order valence-corrected chi connectivity index (χ3v) is 5.08. The van der Waals surface area contributed by atoms with Crippen LogP contribution in [0.25, 0.3) is 22.8 Å². The standard InChI is InChI=1S/C24H21FN4O3/c1-15-12-16(2)29(14-20(30)26-13-17-6-4-3-5-7-17)24(31)21(15)23-27-22(28-32-23)18-8-10-19(25)11-9-18/h3-12H,13-14H2,1-2H3,(H,26,30). The maximum Gasteiger partial charge on any atom is 0.264 e. The molecule has 4 rings (SSSR count). The molecule has 0 radical (unpaired) electrons. The molecule has 0 saturated heterocycles. The summed E-state index contributed by atoms with van der Waals surface area (Å²) >= 11 is 0. The summed E-state index contributed by atoms with van der Waals surface area (Å²) in [5.41, 5.74) is 2.66. The van der Waals surface area contributed by atoms with E-state index < -0.39 is 5.56 Å². The quantitative estimate of drug-likeness (QED) is 0.502. The molecule has 8 heteroatoms. The van der Waals surface area contributed by atoms with Gasteiger partial charge in [-0.2, -0.15) is 4.98 Å². The van der Waals surface area contributed by atoms with Crippen molar-refractivity contribution in [2.45, 2.75) is 26.9 Å². The van der Waals surface area contributed by atoms with Crippen LogP contribution in [0, 0.1) is 19.7 Å². The number of rotatable bonds is 6. The molecular weight excluding hydrogens is 411 g/mol. The fourth-order valence-corrected chi connectivity index (χ4v) is 3.42. The Morgan fingerprint density at radius 3 is 2.53 bits per heavy atom. The summed E-state index contributed by atoms with van der Waals surface area (Å²) < 4.78 is 19.9. The Bertz CT molecular complexity index is 1310. The van der Waals surface area contributed by atoms with Crippen molar-refractivity contribution < 1.29 is 13.7 Å². The molecule has 2 heterocycles. The van der Waals surface area contributed by atoms with Crippen LogP contribution in [0.1, 0.15) is 16.8 Å². The number of halogens is 1. The first-order valence-corrected chi connectivity index (χ1v) is 10.0. The van der Waals surface area contributed by atoms with Gasteiger partial charge in [0, 0.05) is 17.8 Å². The van der Waals surface area contributed by atoms with Gasteiger partial charge in [0.25, 0.3) is 11.4 Å². The Morgan fingerprint density at radius 2 is 1.81 bits per heavy atom. The molecule has 1 amide bonds. The number of hydrogen-bond acceptors (Lipinski definition) is 5. The summed E-state index contributed by atoms with van der Waals surface area (Å²) in [5, 5.41) is 6.74. The molecule has 4 aromatic rings. The van der Waals surface area contributed by atoms with Crippen LogP contribution < -0.4 is 10.9 Å². The zero-order valence-electron chi connectivity index (χ0n) is 17.6. The van der Waals surface area contributed by atoms with Crippen molar-refractivity contribution in [1.29, 1.82) is 0 Å². The Labute approximate surface area is 183 Å². The highest BCUT2D eigenvalue weighted by Crippen LogP contribution is 2.23. The molecule has 0 atom stereocenters. The predicted molar refractivity (Wildman–Crippen MR) is 117 cm³/mol. The first kappa shape index (κ1) is 21.2. The molecule has 32 heavy (non-hydrogen) atoms. The summed E-state index contributed by atoms with van der Waals surface area (Å²) in [7, 11) is 0. The number of carbonyl (C=O) groups excluding carboxylic acids is 1. The van der Waals surface area contributed by atoms with Crippen LogP contribution in [0.5, 0.6) is 0 Å². The molecule has 162 valence electrons. The highest BCUT2D eigenvalue weighted by atomic mass is 19.1. The van der Waals surface area contributed by atoms with Crippen molar-refractivity contribution in [3.63, 3.8) is 0 Å². The van der Waals surface area contributed by atoms with E-state index in [9.17, 15) is 14.0 Å². The van der Waals surface area contributed by atoms with Gasteiger partial charge in [-0.1, -0.05) is 35.5 Å². The molecule has 2 aromatic heterocycles. The summed E-state index contributed by atoms with van der Waals surface area (Å²) in [5.74, 6) is -0.372. The Kier molecular flexibility index (Phi) is 5.93. The van der Waals surface area contributed by atoms with Crippen LogP contribution in [0.2, 0.25) is 0 Å². The van der Waals surface area contributed by atoms with Crippen molar-refractivity contribution in [2.24, 2.45) is 0 Å². The number of nitrogens with zero attached hydrogens (tertiary/aromatic N) is 3. The van der Waals surface area contributed by atoms with Crippen molar-refractivity contribution in [3.8, 4) is 22.8 Å². The minimum absolute atomic E-state index is 0.0465. The van der Waals surface area contributed by atoms with E-state index in [0.29, 0.717) is 23.4 Å². The van der Waals surface area contributed by atoms with Gasteiger partial charge in [0.1, 0.15) is 17.9 Å². The van der Waals surface area contributed by atoms with Gasteiger partial charge in [-0.3, -0.25) is 9.59 Å². The van der Waals surface area contributed by atoms with E-state index >= 15 is 0 Å². The van der Waals surface area contributed by atoms with Gasteiger partial charge >= 0.3 is 0 Å². The third kappa shape index (κ3) is 4.49. The third-order valence-electron chi connectivity index (χ3n) is 5.08. The van der Waals surface area contributed by atoms with Gasteiger partial charge in [-0.15, -0.1) is 0 Å². The van der Waals surface area contributed by atoms with Gasteiger partial charge in [0.05, 0.1) is 0 Å². The van der Waals surface area contributed by atoms with E-state index in [4.69, 9.17) is 4.52 Å². The lowest BCUT2D eigenvalue weighted by molar-refractivity contribution is -0.121. The van der Waals surface area contributed by atoms with Crippen LogP contribution in [0.4, 0.5) is 4.39 Å². The smallest absolute Gasteiger partial charge is 0.264 e. The van der Waals surface area contributed by atoms with Gasteiger partial charge in [0.15, 0.2) is 0 Å². The Morgan fingerprint density at radius 1 is 1.09 bits per heavy atom. The lowest BCUT2D eigenvalue weighted by atomic mass is 10.1. The normalized spacial score (nSPS) is 10.8. The molecule has 0 aliphatic carbocycles. The molecule has 0 unspecified atom stereocenters. The second kappa shape index (κ2) is 8.97. The minimum atomic E-state index is -0.397. The summed E-state index contributed by atoms with van der Waals surface area (Å²) in [6.45, 7) is 3.77. The first-order valence-electron chi connectivity index (χ1n) is 10.0. The van der Waals surface area contributed by atoms with Gasteiger partial charge in [0.2, 0.25) is 11.7 Å². The van der Waals surface area contributed by atoms with Crippen LogP contribution in [-0.4, -0.2) is 20.6 Å². The summed E-state index contributed by atoms with van der Waals surface area (Å²) in [6.07, 6.45) is 0. The SMILES string of the molecule is Cc1cc(C)n(CC(=O)NCc2ccccc2)c(=O)c1-c1nc(-c2ccc(F)cc2)no1. The second-order valence-electron chi connectivity index (χ2n) is 7.43. The highest BCUT2D eigenvalue weighted by Gasteiger charge is 2.20. The van der Waals surface area contributed by atoms with Crippen LogP contribution in [0.3, 0.4) is 0 Å². The molecule has 0 saturated carbocycles. The first-order chi connectivity index (χ1) is 15.4. The summed E-state index contributed by atoms with van der Waals surface area (Å²) in [4.78, 5) is 30.0. The van der Waals surface area contributed by atoms with E-state index in [2.05, 4.69) is 15.5 Å². The lowest BCUT2D eigenvalue weighted by Crippen LogP contribution is -2.34. The molecule has 0 spiro atoms. The molecule has 0 bridgehead atoms. The predicted octanol–water partition coefficient (Wildman–Crippen LogP) is 3.64. The van der Waals surface area contributed by atoms with E-state index in [1.54, 1.807) is 19.9 Å². The van der Waals surface area contributed by atoms with Crippen molar-refractivity contribution in [1.82, 2.24) is 20.0 Å². The second-order valence-corrected chi connectivity index (χ2v) is 7.43. The fourth-order valence-electron chi connectivity index (χ4n) is 3.42. The molecule has 0 fully saturated rings. The number of aromatic nitrogens is 3. The van der Waals surface area contributed by atoms with Crippen molar-refractivity contribution in [2.75, 3.05) is 0 Å². The van der Waals surface area contributed by atoms with Crippen molar-refractivity contribution >= 4 is 5.91 Å². The number of nitrogens with one attached hydrogen (secondary N) is 1. The topological polar surface area (TPSA) is 90.0 Å². The largest absolute Gasteiger partial charge is 0.350 e. The zero-order chi connectivity index (χ0) is 22.7. The van der Waals surface area contributed by atoms with Crippen LogP contribution >= 0.6 is 0 Å². The number of hydrogen-bond donors (Lipinski definition) is 1. The zero-order valence-corrected chi connectivity index (χ0v) is 17.6. The number of benzene rings is 2. The van der Waals surface area contributed by atoms with Crippen LogP contribution in [-0.2, 0) is 17.9 Å². The number of carbonyl (C=O) groups is 1. The van der Waals surface area contributed by atoms with Crippen LogP contribution in [0.15, 0.2) is 70.0 Å². The summed E-state index contributed by atoms with van der Waals surface area (Å²) in [6, 6.07) is 17.0. The minimum Gasteiger partial charge on any atom is -0.350 e. The molecule has 2 aromatic carbocycles. The maximum absolute atomic E-state index is 13.2. The number of amides is 1. The molecule has 7 nitrogen and oxygen atoms in total. The molecule has 0 aliphatic heterocycles. The number of aryl methyl sites for hydroxylation is 2. The van der Waals surface area contributed by atoms with Gasteiger partial charge < -0.3 is 14.4 Å². The molecule has 1 N–H and O–H groups in total. The van der Waals surface area contributed by atoms with E-state index in [-0.39, 0.29) is 35.5 Å². The maximum atomic E-state index is 13.2.